The first-order chi connectivity index (χ1) is 7.27. The van der Waals surface area contributed by atoms with Crippen molar-refractivity contribution in [2.45, 2.75) is 39.2 Å². The summed E-state index contributed by atoms with van der Waals surface area (Å²) in [5.74, 6) is 0.805. The zero-order valence-electron chi connectivity index (χ0n) is 9.82. The second-order valence-corrected chi connectivity index (χ2v) is 4.95. The second-order valence-electron chi connectivity index (χ2n) is 4.95. The topological polar surface area (TPSA) is 3.24 Å². The Morgan fingerprint density at radius 3 is 2.67 bits per heavy atom. The number of benzene rings is 1. The van der Waals surface area contributed by atoms with E-state index in [2.05, 4.69) is 49.1 Å². The van der Waals surface area contributed by atoms with Crippen molar-refractivity contribution in [2.24, 2.45) is 5.92 Å². The third-order valence-corrected chi connectivity index (χ3v) is 3.21. The lowest BCUT2D eigenvalue weighted by Crippen LogP contribution is -2.30. The van der Waals surface area contributed by atoms with Gasteiger partial charge < -0.3 is 4.90 Å². The van der Waals surface area contributed by atoms with Gasteiger partial charge in [-0.3, -0.25) is 0 Å². The summed E-state index contributed by atoms with van der Waals surface area (Å²) in [6.07, 6.45) is 4.05. The molecule has 0 radical (unpaired) electrons. The molecule has 2 rings (SSSR count). The van der Waals surface area contributed by atoms with Crippen LogP contribution < -0.4 is 4.90 Å². The molecule has 1 aromatic rings. The van der Waals surface area contributed by atoms with Crippen molar-refractivity contribution in [2.75, 3.05) is 11.4 Å². The largest absolute Gasteiger partial charge is 0.369 e. The molecule has 1 heterocycles. The van der Waals surface area contributed by atoms with E-state index in [1.165, 1.54) is 31.5 Å². The van der Waals surface area contributed by atoms with Crippen molar-refractivity contribution in [3.05, 3.63) is 30.3 Å². The van der Waals surface area contributed by atoms with Crippen molar-refractivity contribution in [3.8, 4) is 0 Å². The summed E-state index contributed by atoms with van der Waals surface area (Å²) >= 11 is 0. The number of rotatable bonds is 3. The average molecular weight is 203 g/mol. The molecule has 1 aliphatic rings. The van der Waals surface area contributed by atoms with Gasteiger partial charge in [-0.25, -0.2) is 0 Å². The zero-order valence-corrected chi connectivity index (χ0v) is 9.82. The lowest BCUT2D eigenvalue weighted by atomic mass is 10.0. The molecule has 1 aliphatic heterocycles. The van der Waals surface area contributed by atoms with Crippen molar-refractivity contribution >= 4 is 5.69 Å². The number of hydrogen-bond donors (Lipinski definition) is 0. The lowest BCUT2D eigenvalue weighted by molar-refractivity contribution is 0.494. The van der Waals surface area contributed by atoms with Gasteiger partial charge in [0.1, 0.15) is 0 Å². The minimum atomic E-state index is 0.771. The molecular formula is C14H21N. The Hall–Kier alpha value is -0.980. The van der Waals surface area contributed by atoms with E-state index >= 15 is 0 Å². The van der Waals surface area contributed by atoms with Crippen molar-refractivity contribution in [1.29, 1.82) is 0 Å². The van der Waals surface area contributed by atoms with Gasteiger partial charge in [0.2, 0.25) is 0 Å². The van der Waals surface area contributed by atoms with E-state index in [9.17, 15) is 0 Å². The molecule has 1 saturated heterocycles. The van der Waals surface area contributed by atoms with Gasteiger partial charge in [0.25, 0.3) is 0 Å². The van der Waals surface area contributed by atoms with Crippen LogP contribution in [0.4, 0.5) is 5.69 Å². The van der Waals surface area contributed by atoms with E-state index in [1.54, 1.807) is 0 Å². The molecule has 0 N–H and O–H groups in total. The molecule has 0 spiro atoms. The Kier molecular flexibility index (Phi) is 3.30. The van der Waals surface area contributed by atoms with E-state index in [0.29, 0.717) is 0 Å². The van der Waals surface area contributed by atoms with Crippen molar-refractivity contribution in [1.82, 2.24) is 0 Å². The maximum atomic E-state index is 2.58. The molecule has 1 heteroatoms. The summed E-state index contributed by atoms with van der Waals surface area (Å²) in [7, 11) is 0. The van der Waals surface area contributed by atoms with E-state index in [0.717, 1.165) is 12.0 Å². The van der Waals surface area contributed by atoms with Crippen LogP contribution in [-0.2, 0) is 0 Å². The highest BCUT2D eigenvalue weighted by Crippen LogP contribution is 2.28. The first-order valence-corrected chi connectivity index (χ1v) is 6.09. The highest BCUT2D eigenvalue weighted by Gasteiger charge is 2.24. The van der Waals surface area contributed by atoms with Crippen LogP contribution in [0.3, 0.4) is 0 Å². The van der Waals surface area contributed by atoms with E-state index in [1.807, 2.05) is 0 Å². The van der Waals surface area contributed by atoms with Gasteiger partial charge in [0.05, 0.1) is 0 Å². The third kappa shape index (κ3) is 2.53. The Morgan fingerprint density at radius 2 is 2.00 bits per heavy atom. The molecule has 0 aliphatic carbocycles. The van der Waals surface area contributed by atoms with E-state index in [4.69, 9.17) is 0 Å². The van der Waals surface area contributed by atoms with Gasteiger partial charge in [-0.05, 0) is 37.3 Å². The fourth-order valence-electron chi connectivity index (χ4n) is 2.58. The molecule has 1 fully saturated rings. The van der Waals surface area contributed by atoms with Crippen LogP contribution in [-0.4, -0.2) is 12.6 Å². The number of nitrogens with zero attached hydrogens (tertiary/aromatic N) is 1. The Morgan fingerprint density at radius 1 is 1.27 bits per heavy atom. The summed E-state index contributed by atoms with van der Waals surface area (Å²) in [4.78, 5) is 2.58. The van der Waals surface area contributed by atoms with Crippen LogP contribution in [0.25, 0.3) is 0 Å². The van der Waals surface area contributed by atoms with Crippen LogP contribution in [0.1, 0.15) is 33.1 Å². The zero-order chi connectivity index (χ0) is 10.7. The van der Waals surface area contributed by atoms with E-state index in [-0.39, 0.29) is 0 Å². The summed E-state index contributed by atoms with van der Waals surface area (Å²) in [6, 6.07) is 11.6. The number of para-hydroxylation sites is 1. The number of anilines is 1. The molecule has 0 saturated carbocycles. The third-order valence-electron chi connectivity index (χ3n) is 3.21. The standard InChI is InChI=1S/C14H21N/c1-12(2)11-14-9-6-10-15(14)13-7-4-3-5-8-13/h3-5,7-8,12,14H,6,9-11H2,1-2H3. The van der Waals surface area contributed by atoms with Gasteiger partial charge in [-0.2, -0.15) is 0 Å². The molecule has 0 amide bonds. The first-order valence-electron chi connectivity index (χ1n) is 6.09. The van der Waals surface area contributed by atoms with Gasteiger partial charge in [0.15, 0.2) is 0 Å². The Bertz CT molecular complexity index is 291. The maximum Gasteiger partial charge on any atom is 0.0368 e. The molecule has 0 bridgehead atoms. The summed E-state index contributed by atoms with van der Waals surface area (Å²) in [5, 5.41) is 0. The minimum absolute atomic E-state index is 0.771. The second kappa shape index (κ2) is 4.69. The molecule has 82 valence electrons. The fourth-order valence-corrected chi connectivity index (χ4v) is 2.58. The normalized spacial score (nSPS) is 21.3. The van der Waals surface area contributed by atoms with Gasteiger partial charge >= 0.3 is 0 Å². The Labute approximate surface area is 93.1 Å². The average Bonchev–Trinajstić information content (AvgIpc) is 2.66. The van der Waals surface area contributed by atoms with Gasteiger partial charge in [-0.1, -0.05) is 32.0 Å². The van der Waals surface area contributed by atoms with Crippen molar-refractivity contribution < 1.29 is 0 Å². The van der Waals surface area contributed by atoms with Gasteiger partial charge in [0, 0.05) is 18.3 Å². The van der Waals surface area contributed by atoms with Crippen molar-refractivity contribution in [3.63, 3.8) is 0 Å². The predicted octanol–water partition coefficient (Wildman–Crippen LogP) is 3.70. The van der Waals surface area contributed by atoms with Crippen LogP contribution in [0, 0.1) is 5.92 Å². The monoisotopic (exact) mass is 203 g/mol. The smallest absolute Gasteiger partial charge is 0.0368 e. The molecule has 1 atom stereocenters. The maximum absolute atomic E-state index is 2.58. The highest BCUT2D eigenvalue weighted by molar-refractivity contribution is 5.47. The molecular weight excluding hydrogens is 182 g/mol. The van der Waals surface area contributed by atoms with Crippen LogP contribution in [0.5, 0.6) is 0 Å². The quantitative estimate of drug-likeness (QED) is 0.724. The molecule has 1 nitrogen and oxygen atoms in total. The fraction of sp³-hybridized carbons (Fsp3) is 0.571. The summed E-state index contributed by atoms with van der Waals surface area (Å²) < 4.78 is 0. The molecule has 1 unspecified atom stereocenters. The lowest BCUT2D eigenvalue weighted by Gasteiger charge is -2.28. The Balaban J connectivity index is 2.08. The summed E-state index contributed by atoms with van der Waals surface area (Å²) in [6.45, 7) is 5.88. The van der Waals surface area contributed by atoms with Crippen LogP contribution in [0.2, 0.25) is 0 Å². The number of hydrogen-bond acceptors (Lipinski definition) is 1. The highest BCUT2D eigenvalue weighted by atomic mass is 15.2. The summed E-state index contributed by atoms with van der Waals surface area (Å²) in [5.41, 5.74) is 1.40. The molecule has 15 heavy (non-hydrogen) atoms. The SMILES string of the molecule is CC(C)CC1CCCN1c1ccccc1. The van der Waals surface area contributed by atoms with E-state index < -0.39 is 0 Å². The van der Waals surface area contributed by atoms with Crippen LogP contribution >= 0.6 is 0 Å². The molecule has 1 aromatic carbocycles. The van der Waals surface area contributed by atoms with Gasteiger partial charge in [-0.15, -0.1) is 0 Å². The molecule has 0 aromatic heterocycles. The first kappa shape index (κ1) is 10.5. The predicted molar refractivity (Wildman–Crippen MR) is 66.3 cm³/mol. The van der Waals surface area contributed by atoms with Crippen LogP contribution in [0.15, 0.2) is 30.3 Å². The minimum Gasteiger partial charge on any atom is -0.369 e.